The molecule has 0 unspecified atom stereocenters. The number of benzene rings is 2. The summed E-state index contributed by atoms with van der Waals surface area (Å²) in [5, 5.41) is 2.64. The minimum atomic E-state index is -1.04. The van der Waals surface area contributed by atoms with E-state index in [9.17, 15) is 14.4 Å². The van der Waals surface area contributed by atoms with Gasteiger partial charge >= 0.3 is 12.1 Å². The number of carbonyl (C=O) groups is 3. The summed E-state index contributed by atoms with van der Waals surface area (Å²) in [5.41, 5.74) is 0.545. The molecule has 8 heteroatoms. The van der Waals surface area contributed by atoms with Crippen molar-refractivity contribution in [3.63, 3.8) is 0 Å². The van der Waals surface area contributed by atoms with E-state index in [0.29, 0.717) is 5.56 Å². The van der Waals surface area contributed by atoms with E-state index >= 15 is 0 Å². The number of carbonyl (C=O) groups excluding carboxylic acids is 3. The molecule has 1 aliphatic heterocycles. The van der Waals surface area contributed by atoms with Gasteiger partial charge in [-0.25, -0.2) is 9.59 Å². The Morgan fingerprint density at radius 3 is 2.27 bits per heavy atom. The molecule has 1 aliphatic rings. The number of esters is 1. The van der Waals surface area contributed by atoms with Gasteiger partial charge in [0.1, 0.15) is 30.5 Å². The summed E-state index contributed by atoms with van der Waals surface area (Å²) < 4.78 is 22.0. The zero-order chi connectivity index (χ0) is 23.8. The first-order chi connectivity index (χ1) is 15.7. The summed E-state index contributed by atoms with van der Waals surface area (Å²) in [5.74, 6) is -0.945. The molecule has 0 aliphatic carbocycles. The van der Waals surface area contributed by atoms with Crippen LogP contribution in [-0.2, 0) is 30.3 Å². The Bertz CT molecular complexity index is 940. The van der Waals surface area contributed by atoms with E-state index in [0.717, 1.165) is 5.56 Å². The Hall–Kier alpha value is -3.23. The maximum Gasteiger partial charge on any atom is 0.408 e. The fraction of sp³-hybridized carbons (Fsp3) is 0.400. The molecule has 1 fully saturated rings. The average Bonchev–Trinajstić information content (AvgIpc) is 3.15. The van der Waals surface area contributed by atoms with Crippen molar-refractivity contribution >= 4 is 17.8 Å². The van der Waals surface area contributed by atoms with Crippen molar-refractivity contribution in [2.75, 3.05) is 13.2 Å². The highest BCUT2D eigenvalue weighted by Gasteiger charge is 2.45. The van der Waals surface area contributed by atoms with Crippen molar-refractivity contribution in [1.29, 1.82) is 0 Å². The van der Waals surface area contributed by atoms with E-state index in [4.69, 9.17) is 18.9 Å². The fourth-order valence-corrected chi connectivity index (χ4v) is 3.32. The molecule has 0 bridgehead atoms. The van der Waals surface area contributed by atoms with Crippen molar-refractivity contribution in [2.45, 2.75) is 51.2 Å². The number of nitrogens with one attached hydrogen (secondary N) is 1. The summed E-state index contributed by atoms with van der Waals surface area (Å²) in [6, 6.07) is 17.0. The molecule has 2 aromatic carbocycles. The number of Topliss-reactive ketones (excluding diaryl/α,β-unsaturated/α-hetero) is 1. The number of ether oxygens (including phenoxy) is 4. The number of amides is 1. The lowest BCUT2D eigenvalue weighted by atomic mass is 10.0. The predicted octanol–water partition coefficient (Wildman–Crippen LogP) is 3.29. The molecule has 3 atom stereocenters. The maximum atomic E-state index is 12.8. The fourth-order valence-electron chi connectivity index (χ4n) is 3.32. The Balaban J connectivity index is 1.66. The van der Waals surface area contributed by atoms with Gasteiger partial charge in [0.05, 0.1) is 18.8 Å². The van der Waals surface area contributed by atoms with Gasteiger partial charge in [-0.05, 0) is 38.5 Å². The summed E-state index contributed by atoms with van der Waals surface area (Å²) in [6.45, 7) is 5.18. The molecule has 1 N–H and O–H groups in total. The molecule has 0 spiro atoms. The molecule has 1 heterocycles. The maximum absolute atomic E-state index is 12.8. The minimum absolute atomic E-state index is 0.0475. The number of ketones is 1. The summed E-state index contributed by atoms with van der Waals surface area (Å²) in [4.78, 5) is 37.8. The Kier molecular flexibility index (Phi) is 8.19. The Morgan fingerprint density at radius 2 is 1.64 bits per heavy atom. The van der Waals surface area contributed by atoms with Crippen LogP contribution < -0.4 is 5.32 Å². The van der Waals surface area contributed by atoms with Crippen LogP contribution in [0.15, 0.2) is 60.7 Å². The van der Waals surface area contributed by atoms with Crippen LogP contribution in [0.3, 0.4) is 0 Å². The van der Waals surface area contributed by atoms with E-state index in [-0.39, 0.29) is 25.6 Å². The second-order valence-electron chi connectivity index (χ2n) is 8.68. The molecule has 1 saturated heterocycles. The molecule has 0 radical (unpaired) electrons. The van der Waals surface area contributed by atoms with E-state index < -0.39 is 35.9 Å². The zero-order valence-electron chi connectivity index (χ0n) is 19.0. The third-order valence-corrected chi connectivity index (χ3v) is 4.79. The van der Waals surface area contributed by atoms with E-state index in [1.807, 2.05) is 30.3 Å². The second-order valence-corrected chi connectivity index (χ2v) is 8.68. The highest BCUT2D eigenvalue weighted by molar-refractivity contribution is 5.90. The molecule has 2 aromatic rings. The van der Waals surface area contributed by atoms with Crippen LogP contribution in [0, 0.1) is 0 Å². The monoisotopic (exact) mass is 455 g/mol. The van der Waals surface area contributed by atoms with Gasteiger partial charge in [-0.1, -0.05) is 48.5 Å². The van der Waals surface area contributed by atoms with Gasteiger partial charge in [0.25, 0.3) is 0 Å². The summed E-state index contributed by atoms with van der Waals surface area (Å²) in [7, 11) is 0. The molecule has 1 amide bonds. The van der Waals surface area contributed by atoms with Gasteiger partial charge in [0, 0.05) is 0 Å². The van der Waals surface area contributed by atoms with Crippen molar-refractivity contribution in [3.8, 4) is 0 Å². The number of rotatable bonds is 8. The predicted molar refractivity (Wildman–Crippen MR) is 120 cm³/mol. The van der Waals surface area contributed by atoms with Crippen LogP contribution in [0.2, 0.25) is 0 Å². The van der Waals surface area contributed by atoms with E-state index in [2.05, 4.69) is 5.32 Å². The van der Waals surface area contributed by atoms with Crippen LogP contribution in [0.4, 0.5) is 4.79 Å². The van der Waals surface area contributed by atoms with Gasteiger partial charge in [0.2, 0.25) is 0 Å². The quantitative estimate of drug-likeness (QED) is 0.610. The standard InChI is InChI=1S/C25H29NO7/c1-25(2,3)33-24(29)26-21-20(32-23(28)18-12-8-5-9-13-18)16-31-22(21)19(27)15-30-14-17-10-6-4-7-11-17/h4-13,20-22H,14-16H2,1-3H3,(H,26,29)/t20-,21+,22+/m0/s1. The summed E-state index contributed by atoms with van der Waals surface area (Å²) >= 11 is 0. The van der Waals surface area contributed by atoms with E-state index in [1.54, 1.807) is 51.1 Å². The van der Waals surface area contributed by atoms with Crippen LogP contribution >= 0.6 is 0 Å². The van der Waals surface area contributed by atoms with Gasteiger partial charge in [-0.3, -0.25) is 4.79 Å². The van der Waals surface area contributed by atoms with Gasteiger partial charge in [-0.15, -0.1) is 0 Å². The normalized spacial score (nSPS) is 20.2. The van der Waals surface area contributed by atoms with E-state index in [1.165, 1.54) is 0 Å². The number of hydrogen-bond acceptors (Lipinski definition) is 7. The van der Waals surface area contributed by atoms with Crippen LogP contribution in [-0.4, -0.2) is 54.9 Å². The molecule has 176 valence electrons. The third-order valence-electron chi connectivity index (χ3n) is 4.79. The Labute approximate surface area is 193 Å². The van der Waals surface area contributed by atoms with Crippen LogP contribution in [0.5, 0.6) is 0 Å². The highest BCUT2D eigenvalue weighted by atomic mass is 16.6. The lowest BCUT2D eigenvalue weighted by molar-refractivity contribution is -0.133. The molecule has 3 rings (SSSR count). The SMILES string of the molecule is CC(C)(C)OC(=O)N[C@@H]1[C@@H](OC(=O)c2ccccc2)CO[C@@H]1C(=O)COCc1ccccc1. The van der Waals surface area contributed by atoms with Gasteiger partial charge < -0.3 is 24.3 Å². The lowest BCUT2D eigenvalue weighted by Crippen LogP contribution is -2.52. The molecule has 33 heavy (non-hydrogen) atoms. The number of hydrogen-bond donors (Lipinski definition) is 1. The average molecular weight is 456 g/mol. The van der Waals surface area contributed by atoms with Crippen LogP contribution in [0.25, 0.3) is 0 Å². The molecular formula is C25H29NO7. The zero-order valence-corrected chi connectivity index (χ0v) is 19.0. The molecular weight excluding hydrogens is 426 g/mol. The van der Waals surface area contributed by atoms with Crippen LogP contribution in [0.1, 0.15) is 36.7 Å². The van der Waals surface area contributed by atoms with Crippen molar-refractivity contribution in [1.82, 2.24) is 5.32 Å². The molecule has 8 nitrogen and oxygen atoms in total. The molecule has 0 aromatic heterocycles. The largest absolute Gasteiger partial charge is 0.454 e. The topological polar surface area (TPSA) is 100 Å². The van der Waals surface area contributed by atoms with Crippen molar-refractivity contribution < 1.29 is 33.3 Å². The lowest BCUT2D eigenvalue weighted by Gasteiger charge is -2.26. The first-order valence-corrected chi connectivity index (χ1v) is 10.7. The second kappa shape index (κ2) is 11.1. The van der Waals surface area contributed by atoms with Crippen molar-refractivity contribution in [2.24, 2.45) is 0 Å². The highest BCUT2D eigenvalue weighted by Crippen LogP contribution is 2.21. The first-order valence-electron chi connectivity index (χ1n) is 10.7. The number of alkyl carbamates (subject to hydrolysis) is 1. The van der Waals surface area contributed by atoms with Crippen molar-refractivity contribution in [3.05, 3.63) is 71.8 Å². The molecule has 0 saturated carbocycles. The smallest absolute Gasteiger partial charge is 0.408 e. The van der Waals surface area contributed by atoms with Gasteiger partial charge in [-0.2, -0.15) is 0 Å². The Morgan fingerprint density at radius 1 is 1.00 bits per heavy atom. The third kappa shape index (κ3) is 7.40. The summed E-state index contributed by atoms with van der Waals surface area (Å²) in [6.07, 6.45) is -2.64. The minimum Gasteiger partial charge on any atom is -0.454 e. The first kappa shape index (κ1) is 24.4. The van der Waals surface area contributed by atoms with Gasteiger partial charge in [0.15, 0.2) is 5.78 Å².